The third-order valence-corrected chi connectivity index (χ3v) is 4.92. The van der Waals surface area contributed by atoms with Crippen molar-refractivity contribution in [1.29, 1.82) is 0 Å². The smallest absolute Gasteiger partial charge is 0.420 e. The van der Waals surface area contributed by atoms with Crippen molar-refractivity contribution < 1.29 is 22.7 Å². The maximum atomic E-state index is 13.3. The van der Waals surface area contributed by atoms with Crippen LogP contribution in [-0.2, 0) is 16.4 Å². The quantitative estimate of drug-likeness (QED) is 0.601. The SMILES string of the molecule is COc1ccc(NC(=O)C(C)(c2ccccc2)c2ccccc2)cc1C(F)(F)F. The summed E-state index contributed by atoms with van der Waals surface area (Å²) in [7, 11) is 1.17. The second kappa shape index (κ2) is 7.99. The van der Waals surface area contributed by atoms with Crippen LogP contribution in [0.15, 0.2) is 78.9 Å². The minimum atomic E-state index is -4.60. The van der Waals surface area contributed by atoms with Crippen LogP contribution in [0.4, 0.5) is 18.9 Å². The maximum Gasteiger partial charge on any atom is 0.420 e. The van der Waals surface area contributed by atoms with E-state index < -0.39 is 23.1 Å². The van der Waals surface area contributed by atoms with Crippen molar-refractivity contribution in [2.75, 3.05) is 12.4 Å². The van der Waals surface area contributed by atoms with Gasteiger partial charge in [-0.15, -0.1) is 0 Å². The maximum absolute atomic E-state index is 13.3. The van der Waals surface area contributed by atoms with Crippen molar-refractivity contribution in [3.63, 3.8) is 0 Å². The second-order valence-corrected chi connectivity index (χ2v) is 6.72. The topological polar surface area (TPSA) is 38.3 Å². The molecule has 6 heteroatoms. The molecular formula is C23H20F3NO2. The van der Waals surface area contributed by atoms with Gasteiger partial charge >= 0.3 is 6.18 Å². The first kappa shape index (κ1) is 20.5. The summed E-state index contributed by atoms with van der Waals surface area (Å²) >= 11 is 0. The van der Waals surface area contributed by atoms with E-state index in [1.165, 1.54) is 19.2 Å². The molecule has 0 bridgehead atoms. The van der Waals surface area contributed by atoms with E-state index in [0.29, 0.717) is 0 Å². The number of benzene rings is 3. The molecule has 0 aliphatic rings. The Morgan fingerprint density at radius 2 is 1.38 bits per heavy atom. The van der Waals surface area contributed by atoms with E-state index >= 15 is 0 Å². The van der Waals surface area contributed by atoms with Gasteiger partial charge in [0, 0.05) is 5.69 Å². The van der Waals surface area contributed by atoms with Crippen LogP contribution < -0.4 is 10.1 Å². The Kier molecular flexibility index (Phi) is 5.64. The number of halogens is 3. The molecule has 3 aromatic carbocycles. The van der Waals surface area contributed by atoms with Gasteiger partial charge in [-0.2, -0.15) is 13.2 Å². The summed E-state index contributed by atoms with van der Waals surface area (Å²) in [5, 5.41) is 2.65. The summed E-state index contributed by atoms with van der Waals surface area (Å²) in [4.78, 5) is 13.3. The lowest BCUT2D eigenvalue weighted by molar-refractivity contribution is -0.138. The zero-order valence-electron chi connectivity index (χ0n) is 16.0. The number of hydrogen-bond acceptors (Lipinski definition) is 2. The third kappa shape index (κ3) is 4.11. The highest BCUT2D eigenvalue weighted by molar-refractivity contribution is 6.01. The molecule has 0 heterocycles. The van der Waals surface area contributed by atoms with Crippen molar-refractivity contribution in [2.45, 2.75) is 18.5 Å². The number of ether oxygens (including phenoxy) is 1. The molecule has 0 aromatic heterocycles. The zero-order chi connectivity index (χ0) is 21.1. The monoisotopic (exact) mass is 399 g/mol. The van der Waals surface area contributed by atoms with E-state index in [9.17, 15) is 18.0 Å². The number of rotatable bonds is 5. The van der Waals surface area contributed by atoms with Crippen molar-refractivity contribution >= 4 is 11.6 Å². The lowest BCUT2D eigenvalue weighted by atomic mass is 9.75. The van der Waals surface area contributed by atoms with E-state index in [4.69, 9.17) is 4.74 Å². The van der Waals surface area contributed by atoms with Crippen molar-refractivity contribution in [1.82, 2.24) is 0 Å². The minimum absolute atomic E-state index is 0.0428. The normalized spacial score (nSPS) is 11.8. The first-order chi connectivity index (χ1) is 13.8. The van der Waals surface area contributed by atoms with Gasteiger partial charge in [0.25, 0.3) is 0 Å². The number of carbonyl (C=O) groups excluding carboxylic acids is 1. The van der Waals surface area contributed by atoms with E-state index in [1.807, 2.05) is 60.7 Å². The molecule has 0 radical (unpaired) electrons. The Labute approximate surface area is 167 Å². The van der Waals surface area contributed by atoms with Crippen molar-refractivity contribution in [2.24, 2.45) is 0 Å². The van der Waals surface area contributed by atoms with Gasteiger partial charge in [-0.1, -0.05) is 60.7 Å². The Hall–Kier alpha value is -3.28. The fraction of sp³-hybridized carbons (Fsp3) is 0.174. The fourth-order valence-corrected chi connectivity index (χ4v) is 3.24. The van der Waals surface area contributed by atoms with Gasteiger partial charge in [0.1, 0.15) is 5.75 Å². The first-order valence-electron chi connectivity index (χ1n) is 8.94. The molecule has 1 amide bonds. The molecule has 0 saturated heterocycles. The predicted molar refractivity (Wildman–Crippen MR) is 106 cm³/mol. The van der Waals surface area contributed by atoms with E-state index in [2.05, 4.69) is 5.32 Å². The molecule has 0 unspecified atom stereocenters. The van der Waals surface area contributed by atoms with Crippen LogP contribution in [0.2, 0.25) is 0 Å². The summed E-state index contributed by atoms with van der Waals surface area (Å²) in [5.41, 5.74) is -0.539. The van der Waals surface area contributed by atoms with Gasteiger partial charge in [-0.25, -0.2) is 0 Å². The number of methoxy groups -OCH3 is 1. The number of amides is 1. The van der Waals surface area contributed by atoms with Gasteiger partial charge < -0.3 is 10.1 Å². The number of anilines is 1. The van der Waals surface area contributed by atoms with Crippen LogP contribution in [0.5, 0.6) is 5.75 Å². The Bertz CT molecular complexity index is 947. The van der Waals surface area contributed by atoms with Gasteiger partial charge in [0.05, 0.1) is 18.1 Å². The van der Waals surface area contributed by atoms with E-state index in [-0.39, 0.29) is 11.4 Å². The zero-order valence-corrected chi connectivity index (χ0v) is 16.0. The number of nitrogens with one attached hydrogen (secondary N) is 1. The number of alkyl halides is 3. The molecular weight excluding hydrogens is 379 g/mol. The van der Waals surface area contributed by atoms with E-state index in [1.54, 1.807) is 6.92 Å². The highest BCUT2D eigenvalue weighted by atomic mass is 19.4. The van der Waals surface area contributed by atoms with Crippen LogP contribution in [-0.4, -0.2) is 13.0 Å². The molecule has 0 fully saturated rings. The first-order valence-corrected chi connectivity index (χ1v) is 8.94. The summed E-state index contributed by atoms with van der Waals surface area (Å²) in [6.07, 6.45) is -4.60. The average molecular weight is 399 g/mol. The van der Waals surface area contributed by atoms with Crippen molar-refractivity contribution in [3.8, 4) is 5.75 Å². The highest BCUT2D eigenvalue weighted by Crippen LogP contribution is 2.39. The predicted octanol–water partition coefficient (Wildman–Crippen LogP) is 5.66. The summed E-state index contributed by atoms with van der Waals surface area (Å²) in [6.45, 7) is 1.75. The molecule has 0 saturated carbocycles. The lowest BCUT2D eigenvalue weighted by Gasteiger charge is -2.30. The molecule has 0 spiro atoms. The molecule has 0 aliphatic heterocycles. The largest absolute Gasteiger partial charge is 0.496 e. The number of hydrogen-bond donors (Lipinski definition) is 1. The molecule has 1 N–H and O–H groups in total. The third-order valence-electron chi connectivity index (χ3n) is 4.92. The lowest BCUT2D eigenvalue weighted by Crippen LogP contribution is -2.38. The molecule has 29 heavy (non-hydrogen) atoms. The Morgan fingerprint density at radius 3 is 1.83 bits per heavy atom. The molecule has 150 valence electrons. The Morgan fingerprint density at radius 1 is 0.862 bits per heavy atom. The summed E-state index contributed by atoms with van der Waals surface area (Å²) in [6, 6.07) is 21.7. The van der Waals surface area contributed by atoms with Gasteiger partial charge in [0.2, 0.25) is 5.91 Å². The van der Waals surface area contributed by atoms with Crippen molar-refractivity contribution in [3.05, 3.63) is 95.6 Å². The van der Waals surface area contributed by atoms with Gasteiger partial charge in [-0.3, -0.25) is 4.79 Å². The molecule has 3 nitrogen and oxygen atoms in total. The van der Waals surface area contributed by atoms with Crippen LogP contribution in [0, 0.1) is 0 Å². The number of carbonyl (C=O) groups is 1. The van der Waals surface area contributed by atoms with Crippen LogP contribution in [0.1, 0.15) is 23.6 Å². The summed E-state index contributed by atoms with van der Waals surface area (Å²) in [5.74, 6) is -0.738. The standard InChI is InChI=1S/C23H20F3NO2/c1-22(16-9-5-3-6-10-16,17-11-7-4-8-12-17)21(28)27-18-13-14-20(29-2)19(15-18)23(24,25)26/h3-15H,1-2H3,(H,27,28). The molecule has 3 aromatic rings. The highest BCUT2D eigenvalue weighted by Gasteiger charge is 2.38. The summed E-state index contributed by atoms with van der Waals surface area (Å²) < 4.78 is 44.8. The molecule has 0 aliphatic carbocycles. The second-order valence-electron chi connectivity index (χ2n) is 6.72. The average Bonchev–Trinajstić information content (AvgIpc) is 2.73. The van der Waals surface area contributed by atoms with E-state index in [0.717, 1.165) is 17.2 Å². The van der Waals surface area contributed by atoms with Crippen LogP contribution in [0.3, 0.4) is 0 Å². The van der Waals surface area contributed by atoms with Crippen LogP contribution in [0.25, 0.3) is 0 Å². The molecule has 0 atom stereocenters. The fourth-order valence-electron chi connectivity index (χ4n) is 3.24. The molecule has 3 rings (SSSR count). The minimum Gasteiger partial charge on any atom is -0.496 e. The van der Waals surface area contributed by atoms with Gasteiger partial charge in [0.15, 0.2) is 0 Å². The Balaban J connectivity index is 2.03. The van der Waals surface area contributed by atoms with Crippen LogP contribution >= 0.6 is 0 Å². The van der Waals surface area contributed by atoms with Gasteiger partial charge in [-0.05, 0) is 36.2 Å².